The van der Waals surface area contributed by atoms with E-state index in [-0.39, 0.29) is 18.3 Å². The van der Waals surface area contributed by atoms with Crippen LogP contribution >= 0.6 is 31.9 Å². The fourth-order valence-electron chi connectivity index (χ4n) is 2.82. The molecule has 0 amide bonds. The van der Waals surface area contributed by atoms with Crippen molar-refractivity contribution >= 4 is 54.9 Å². The third-order valence-electron chi connectivity index (χ3n) is 4.18. The minimum Gasteiger partial charge on any atom is -0.481 e. The first kappa shape index (κ1) is 23.1. The summed E-state index contributed by atoms with van der Waals surface area (Å²) < 4.78 is 13.3. The van der Waals surface area contributed by atoms with Crippen molar-refractivity contribution in [1.82, 2.24) is 9.66 Å². The van der Waals surface area contributed by atoms with Gasteiger partial charge in [0, 0.05) is 10.9 Å². The van der Waals surface area contributed by atoms with Gasteiger partial charge in [-0.3, -0.25) is 4.79 Å². The largest absolute Gasteiger partial charge is 0.481 e. The van der Waals surface area contributed by atoms with Crippen LogP contribution in [-0.2, 0) is 16.0 Å². The quantitative estimate of drug-likeness (QED) is 0.314. The summed E-state index contributed by atoms with van der Waals surface area (Å²) in [5, 5.41) is 4.86. The predicted molar refractivity (Wildman–Crippen MR) is 127 cm³/mol. The first-order valence-electron chi connectivity index (χ1n) is 9.66. The van der Waals surface area contributed by atoms with Crippen LogP contribution in [0.15, 0.2) is 55.2 Å². The molecule has 1 aromatic heterocycles. The maximum absolute atomic E-state index is 12.9. The number of halogens is 2. The molecule has 0 saturated heterocycles. The Kier molecular flexibility index (Phi) is 7.61. The number of ether oxygens (including phenoxy) is 2. The minimum absolute atomic E-state index is 0.183. The normalized spacial score (nSPS) is 11.4. The zero-order chi connectivity index (χ0) is 22.5. The standard InChI is InChI=1S/C22H21Br2N3O4/c1-4-20-26-18-7-6-15(23)10-16(18)22(29)27(20)25-11-14-5-8-19(17(24)9-14)30-12-21(28)31-13(2)3/h5-11,13H,4,12H2,1-3H3. The molecule has 0 unspecified atom stereocenters. The zero-order valence-corrected chi connectivity index (χ0v) is 20.4. The molecule has 0 atom stereocenters. The lowest BCUT2D eigenvalue weighted by atomic mass is 10.2. The van der Waals surface area contributed by atoms with Crippen molar-refractivity contribution in [2.24, 2.45) is 5.10 Å². The van der Waals surface area contributed by atoms with Crippen molar-refractivity contribution in [2.45, 2.75) is 33.3 Å². The molecule has 0 N–H and O–H groups in total. The Morgan fingerprint density at radius 3 is 2.68 bits per heavy atom. The number of hydrogen-bond donors (Lipinski definition) is 0. The first-order valence-corrected chi connectivity index (χ1v) is 11.2. The molecule has 0 radical (unpaired) electrons. The third-order valence-corrected chi connectivity index (χ3v) is 5.30. The molecule has 31 heavy (non-hydrogen) atoms. The minimum atomic E-state index is -0.436. The van der Waals surface area contributed by atoms with E-state index in [1.807, 2.05) is 13.0 Å². The average Bonchev–Trinajstić information content (AvgIpc) is 2.72. The molecule has 162 valence electrons. The molecule has 0 aliphatic heterocycles. The third kappa shape index (κ3) is 5.80. The summed E-state index contributed by atoms with van der Waals surface area (Å²) in [5.41, 5.74) is 1.14. The van der Waals surface area contributed by atoms with Crippen molar-refractivity contribution in [2.75, 3.05) is 6.61 Å². The predicted octanol–water partition coefficient (Wildman–Crippen LogP) is 4.70. The molecule has 9 heteroatoms. The average molecular weight is 551 g/mol. The summed E-state index contributed by atoms with van der Waals surface area (Å²) >= 11 is 6.82. The number of nitrogens with zero attached hydrogens (tertiary/aromatic N) is 3. The number of carbonyl (C=O) groups excluding carboxylic acids is 1. The highest BCUT2D eigenvalue weighted by Gasteiger charge is 2.11. The number of benzene rings is 2. The van der Waals surface area contributed by atoms with Gasteiger partial charge < -0.3 is 9.47 Å². The van der Waals surface area contributed by atoms with E-state index >= 15 is 0 Å². The van der Waals surface area contributed by atoms with E-state index in [0.717, 1.165) is 10.0 Å². The lowest BCUT2D eigenvalue weighted by Gasteiger charge is -2.11. The highest BCUT2D eigenvalue weighted by Crippen LogP contribution is 2.25. The monoisotopic (exact) mass is 549 g/mol. The Labute approximate surface area is 196 Å². The van der Waals surface area contributed by atoms with E-state index in [1.54, 1.807) is 50.4 Å². The molecule has 0 aliphatic carbocycles. The van der Waals surface area contributed by atoms with E-state index in [1.165, 1.54) is 4.68 Å². The van der Waals surface area contributed by atoms with Gasteiger partial charge in [0.2, 0.25) is 0 Å². The fourth-order valence-corrected chi connectivity index (χ4v) is 3.69. The Morgan fingerprint density at radius 1 is 1.23 bits per heavy atom. The Morgan fingerprint density at radius 2 is 2.00 bits per heavy atom. The van der Waals surface area contributed by atoms with Gasteiger partial charge in [-0.25, -0.2) is 9.78 Å². The summed E-state index contributed by atoms with van der Waals surface area (Å²) in [7, 11) is 0. The number of fused-ring (bicyclic) bond motifs is 1. The van der Waals surface area contributed by atoms with E-state index in [0.29, 0.717) is 33.4 Å². The molecular formula is C22H21Br2N3O4. The molecule has 1 heterocycles. The van der Waals surface area contributed by atoms with Crippen LogP contribution in [0.2, 0.25) is 0 Å². The van der Waals surface area contributed by atoms with Gasteiger partial charge in [-0.2, -0.15) is 9.78 Å². The van der Waals surface area contributed by atoms with Crippen molar-refractivity contribution in [3.05, 3.63) is 67.1 Å². The van der Waals surface area contributed by atoms with Crippen LogP contribution in [-0.4, -0.2) is 34.6 Å². The maximum Gasteiger partial charge on any atom is 0.344 e. The van der Waals surface area contributed by atoms with Gasteiger partial charge in [0.15, 0.2) is 6.61 Å². The highest BCUT2D eigenvalue weighted by molar-refractivity contribution is 9.10. The fraction of sp³-hybridized carbons (Fsp3) is 0.273. The molecule has 0 saturated carbocycles. The molecule has 0 aliphatic rings. The van der Waals surface area contributed by atoms with Crippen LogP contribution in [0, 0.1) is 0 Å². The second-order valence-corrected chi connectivity index (χ2v) is 8.69. The summed E-state index contributed by atoms with van der Waals surface area (Å²) in [4.78, 5) is 29.1. The summed E-state index contributed by atoms with van der Waals surface area (Å²) in [6.07, 6.45) is 1.94. The lowest BCUT2D eigenvalue weighted by molar-refractivity contribution is -0.149. The van der Waals surface area contributed by atoms with Gasteiger partial charge in [0.05, 0.1) is 27.7 Å². The molecule has 7 nitrogen and oxygen atoms in total. The number of aryl methyl sites for hydroxylation is 1. The van der Waals surface area contributed by atoms with E-state index in [2.05, 4.69) is 41.9 Å². The van der Waals surface area contributed by atoms with Crippen molar-refractivity contribution in [3.8, 4) is 5.75 Å². The Hall–Kier alpha value is -2.52. The second kappa shape index (κ2) is 10.2. The number of hydrogen-bond acceptors (Lipinski definition) is 6. The van der Waals surface area contributed by atoms with Gasteiger partial charge in [0.1, 0.15) is 11.6 Å². The van der Waals surface area contributed by atoms with Crippen molar-refractivity contribution < 1.29 is 14.3 Å². The number of esters is 1. The van der Waals surface area contributed by atoms with E-state index in [9.17, 15) is 9.59 Å². The topological polar surface area (TPSA) is 82.8 Å². The van der Waals surface area contributed by atoms with Crippen molar-refractivity contribution in [1.29, 1.82) is 0 Å². The smallest absolute Gasteiger partial charge is 0.344 e. The molecule has 0 fully saturated rings. The maximum atomic E-state index is 12.9. The van der Waals surface area contributed by atoms with Crippen LogP contribution in [0.4, 0.5) is 0 Å². The summed E-state index contributed by atoms with van der Waals surface area (Å²) in [5.74, 6) is 0.634. The van der Waals surface area contributed by atoms with Crippen LogP contribution in [0.3, 0.4) is 0 Å². The second-order valence-electron chi connectivity index (χ2n) is 6.92. The van der Waals surface area contributed by atoms with Crippen LogP contribution in [0.5, 0.6) is 5.75 Å². The molecule has 0 bridgehead atoms. The van der Waals surface area contributed by atoms with Gasteiger partial charge in [0.25, 0.3) is 5.56 Å². The SMILES string of the molecule is CCc1nc2ccc(Br)cc2c(=O)n1N=Cc1ccc(OCC(=O)OC(C)C)c(Br)c1. The highest BCUT2D eigenvalue weighted by atomic mass is 79.9. The van der Waals surface area contributed by atoms with Crippen LogP contribution in [0.25, 0.3) is 10.9 Å². The van der Waals surface area contributed by atoms with Crippen molar-refractivity contribution in [3.63, 3.8) is 0 Å². The van der Waals surface area contributed by atoms with Gasteiger partial charge in [-0.15, -0.1) is 0 Å². The summed E-state index contributed by atoms with van der Waals surface area (Å²) in [6, 6.07) is 10.7. The Balaban J connectivity index is 1.84. The molecule has 3 aromatic rings. The zero-order valence-electron chi connectivity index (χ0n) is 17.3. The summed E-state index contributed by atoms with van der Waals surface area (Å²) in [6.45, 7) is 5.30. The first-order chi connectivity index (χ1) is 14.8. The van der Waals surface area contributed by atoms with Gasteiger partial charge >= 0.3 is 5.97 Å². The number of rotatable bonds is 7. The molecule has 2 aromatic carbocycles. The van der Waals surface area contributed by atoms with Crippen LogP contribution in [0.1, 0.15) is 32.2 Å². The van der Waals surface area contributed by atoms with E-state index < -0.39 is 5.97 Å². The molecule has 3 rings (SSSR count). The van der Waals surface area contributed by atoms with Gasteiger partial charge in [-0.1, -0.05) is 22.9 Å². The molecular weight excluding hydrogens is 530 g/mol. The number of aromatic nitrogens is 2. The number of carbonyl (C=O) groups is 1. The van der Waals surface area contributed by atoms with Crippen LogP contribution < -0.4 is 10.3 Å². The van der Waals surface area contributed by atoms with E-state index in [4.69, 9.17) is 9.47 Å². The molecule has 0 spiro atoms. The Bertz CT molecular complexity index is 1210. The van der Waals surface area contributed by atoms with Gasteiger partial charge in [-0.05, 0) is 71.7 Å². The lowest BCUT2D eigenvalue weighted by Crippen LogP contribution is -2.22.